The summed E-state index contributed by atoms with van der Waals surface area (Å²) in [6, 6.07) is 57.6. The number of aromatic nitrogens is 1. The predicted molar refractivity (Wildman–Crippen MR) is 198 cm³/mol. The van der Waals surface area contributed by atoms with Gasteiger partial charge in [-0.1, -0.05) is 140 Å². The van der Waals surface area contributed by atoms with E-state index < -0.39 is 0 Å². The summed E-state index contributed by atoms with van der Waals surface area (Å²) < 4.78 is 0. The van der Waals surface area contributed by atoms with E-state index in [9.17, 15) is 0 Å². The number of fused-ring (bicyclic) bond motifs is 8. The summed E-state index contributed by atoms with van der Waals surface area (Å²) in [5.41, 5.74) is 6.06. The van der Waals surface area contributed by atoms with Crippen molar-refractivity contribution in [2.75, 3.05) is 0 Å². The molecule has 0 saturated carbocycles. The van der Waals surface area contributed by atoms with Crippen molar-refractivity contribution >= 4 is 75.5 Å². The summed E-state index contributed by atoms with van der Waals surface area (Å²) in [7, 11) is 0. The molecule has 0 amide bonds. The van der Waals surface area contributed by atoms with Crippen molar-refractivity contribution in [3.05, 3.63) is 164 Å². The topological polar surface area (TPSA) is 12.9 Å². The van der Waals surface area contributed by atoms with Gasteiger partial charge in [0.25, 0.3) is 0 Å². The van der Waals surface area contributed by atoms with Gasteiger partial charge in [0.2, 0.25) is 0 Å². The normalized spacial score (nSPS) is 11.9. The maximum Gasteiger partial charge on any atom is 0.0708 e. The molecule has 0 unspecified atom stereocenters. The molecule has 1 heteroatoms. The van der Waals surface area contributed by atoms with Gasteiger partial charge >= 0.3 is 0 Å². The number of nitrogens with zero attached hydrogens (tertiary/aromatic N) is 1. The van der Waals surface area contributed by atoms with Gasteiger partial charge in [0.05, 0.1) is 5.52 Å². The van der Waals surface area contributed by atoms with E-state index in [0.717, 1.165) is 5.52 Å². The average molecular weight is 582 g/mol. The van der Waals surface area contributed by atoms with Gasteiger partial charge in [-0.15, -0.1) is 0 Å². The Morgan fingerprint density at radius 1 is 0.283 bits per heavy atom. The molecular weight excluding hydrogens is 555 g/mol. The highest BCUT2D eigenvalue weighted by molar-refractivity contribution is 6.34. The van der Waals surface area contributed by atoms with E-state index in [1.54, 1.807) is 0 Å². The molecule has 46 heavy (non-hydrogen) atoms. The van der Waals surface area contributed by atoms with Crippen LogP contribution in [-0.4, -0.2) is 4.98 Å². The third kappa shape index (κ3) is 3.54. The Morgan fingerprint density at radius 2 is 0.630 bits per heavy atom. The van der Waals surface area contributed by atoms with Gasteiger partial charge in [0.15, 0.2) is 0 Å². The molecule has 0 aliphatic carbocycles. The zero-order valence-electron chi connectivity index (χ0n) is 25.0. The predicted octanol–water partition coefficient (Wildman–Crippen LogP) is 12.5. The minimum atomic E-state index is 1.00. The molecule has 0 atom stereocenters. The van der Waals surface area contributed by atoms with Crippen LogP contribution in [0.25, 0.3) is 97.8 Å². The largest absolute Gasteiger partial charge is 0.256 e. The molecule has 10 rings (SSSR count). The summed E-state index contributed by atoms with van der Waals surface area (Å²) in [6.07, 6.45) is 2.13. The number of pyridine rings is 1. The van der Waals surface area contributed by atoms with Crippen molar-refractivity contribution in [3.63, 3.8) is 0 Å². The maximum absolute atomic E-state index is 5.12. The third-order valence-electron chi connectivity index (χ3n) is 9.80. The van der Waals surface area contributed by atoms with Crippen LogP contribution in [0.15, 0.2) is 164 Å². The van der Waals surface area contributed by atoms with Gasteiger partial charge in [-0.3, -0.25) is 4.98 Å². The van der Waals surface area contributed by atoms with E-state index in [1.165, 1.54) is 92.3 Å². The van der Waals surface area contributed by atoms with E-state index >= 15 is 0 Å². The molecule has 1 aromatic heterocycles. The summed E-state index contributed by atoms with van der Waals surface area (Å²) in [4.78, 5) is 5.12. The van der Waals surface area contributed by atoms with Gasteiger partial charge in [-0.05, 0) is 88.8 Å². The van der Waals surface area contributed by atoms with Crippen LogP contribution in [0.2, 0.25) is 0 Å². The minimum Gasteiger partial charge on any atom is -0.256 e. The molecule has 0 spiro atoms. The van der Waals surface area contributed by atoms with Crippen molar-refractivity contribution in [3.8, 4) is 22.3 Å². The molecule has 0 fully saturated rings. The molecular formula is C45H27N. The summed E-state index contributed by atoms with van der Waals surface area (Å²) in [5.74, 6) is 0. The van der Waals surface area contributed by atoms with E-state index in [0.29, 0.717) is 0 Å². The molecule has 0 radical (unpaired) electrons. The quantitative estimate of drug-likeness (QED) is 0.146. The molecule has 0 aliphatic heterocycles. The molecule has 1 nitrogen and oxygen atoms in total. The van der Waals surface area contributed by atoms with Crippen molar-refractivity contribution in [2.45, 2.75) is 0 Å². The highest BCUT2D eigenvalue weighted by atomic mass is 14.7. The zero-order chi connectivity index (χ0) is 30.2. The smallest absolute Gasteiger partial charge is 0.0708 e. The zero-order valence-corrected chi connectivity index (χ0v) is 25.0. The Labute approximate surface area is 266 Å². The summed E-state index contributed by atoms with van der Waals surface area (Å²) in [6.45, 7) is 0. The number of hydrogen-bond acceptors (Lipinski definition) is 1. The van der Waals surface area contributed by atoms with Crippen molar-refractivity contribution in [1.29, 1.82) is 0 Å². The number of hydrogen-bond donors (Lipinski definition) is 0. The monoisotopic (exact) mass is 581 g/mol. The van der Waals surface area contributed by atoms with Gasteiger partial charge in [0.1, 0.15) is 0 Å². The average Bonchev–Trinajstić information content (AvgIpc) is 3.12. The first kappa shape index (κ1) is 25.3. The molecule has 212 valence electrons. The van der Waals surface area contributed by atoms with Crippen LogP contribution in [0, 0.1) is 0 Å². The van der Waals surface area contributed by atoms with E-state index in [2.05, 4.69) is 164 Å². The summed E-state index contributed by atoms with van der Waals surface area (Å²) >= 11 is 0. The lowest BCUT2D eigenvalue weighted by Crippen LogP contribution is -1.96. The number of rotatable bonds is 2. The molecule has 0 aliphatic rings. The first-order chi connectivity index (χ1) is 22.8. The number of para-hydroxylation sites is 1. The molecule has 9 aromatic carbocycles. The SMILES string of the molecule is c1ccc2c(-c3c4ccccc4c(-c4c5ccccc5cc5ccccc45)c4c3cnc3ccccc34)c3ccccc3cc2c1. The molecule has 0 bridgehead atoms. The Balaban J connectivity index is 1.53. The van der Waals surface area contributed by atoms with E-state index in [1.807, 2.05) is 0 Å². The van der Waals surface area contributed by atoms with Crippen LogP contribution in [0.3, 0.4) is 0 Å². The van der Waals surface area contributed by atoms with Crippen LogP contribution in [0.5, 0.6) is 0 Å². The second-order valence-electron chi connectivity index (χ2n) is 12.2. The van der Waals surface area contributed by atoms with E-state index in [-0.39, 0.29) is 0 Å². The molecule has 10 aromatic rings. The minimum absolute atomic E-state index is 1.00. The molecule has 0 saturated heterocycles. The van der Waals surface area contributed by atoms with Crippen LogP contribution in [-0.2, 0) is 0 Å². The van der Waals surface area contributed by atoms with Crippen LogP contribution in [0.4, 0.5) is 0 Å². The van der Waals surface area contributed by atoms with Crippen LogP contribution in [0.1, 0.15) is 0 Å². The third-order valence-corrected chi connectivity index (χ3v) is 9.80. The Morgan fingerprint density at radius 3 is 1.13 bits per heavy atom. The Kier molecular flexibility index (Phi) is 5.35. The van der Waals surface area contributed by atoms with Gasteiger partial charge < -0.3 is 0 Å². The number of benzene rings is 9. The fraction of sp³-hybridized carbons (Fsp3) is 0. The first-order valence-electron chi connectivity index (χ1n) is 15.9. The highest BCUT2D eigenvalue weighted by Crippen LogP contribution is 2.51. The fourth-order valence-electron chi connectivity index (χ4n) is 7.89. The van der Waals surface area contributed by atoms with E-state index in [4.69, 9.17) is 4.98 Å². The van der Waals surface area contributed by atoms with Crippen LogP contribution < -0.4 is 0 Å². The lowest BCUT2D eigenvalue weighted by atomic mass is 9.80. The van der Waals surface area contributed by atoms with Crippen molar-refractivity contribution < 1.29 is 0 Å². The molecule has 1 heterocycles. The van der Waals surface area contributed by atoms with Crippen molar-refractivity contribution in [1.82, 2.24) is 4.98 Å². The lowest BCUT2D eigenvalue weighted by Gasteiger charge is -2.22. The maximum atomic E-state index is 5.12. The second kappa shape index (κ2) is 9.72. The van der Waals surface area contributed by atoms with Crippen LogP contribution >= 0.6 is 0 Å². The highest BCUT2D eigenvalue weighted by Gasteiger charge is 2.23. The standard InChI is InChI=1S/C45H27N/c1-5-17-32-28(13-1)25-29-14-2-6-18-33(29)41(32)43-36-21-9-10-22-37(36)45(44-38-23-11-12-24-40(38)46-27-39(43)44)42-34-19-7-3-15-30(34)26-31-16-4-8-20-35(31)42/h1-27H. The first-order valence-corrected chi connectivity index (χ1v) is 15.9. The van der Waals surface area contributed by atoms with Gasteiger partial charge in [-0.2, -0.15) is 0 Å². The summed E-state index contributed by atoms with van der Waals surface area (Å²) in [5, 5.41) is 16.1. The lowest BCUT2D eigenvalue weighted by molar-refractivity contribution is 1.45. The Hall–Kier alpha value is -6.05. The van der Waals surface area contributed by atoms with Gasteiger partial charge in [-0.25, -0.2) is 0 Å². The van der Waals surface area contributed by atoms with Crippen molar-refractivity contribution in [2.24, 2.45) is 0 Å². The second-order valence-corrected chi connectivity index (χ2v) is 12.2. The fourth-order valence-corrected chi connectivity index (χ4v) is 7.89. The Bertz CT molecular complexity index is 2750. The molecule has 0 N–H and O–H groups in total. The van der Waals surface area contributed by atoms with Gasteiger partial charge in [0, 0.05) is 27.9 Å².